The van der Waals surface area contributed by atoms with Gasteiger partial charge in [-0.3, -0.25) is 0 Å². The van der Waals surface area contributed by atoms with E-state index in [4.69, 9.17) is 18.9 Å². The number of fused-ring (bicyclic) bond motifs is 9. The molecule has 16 rings (SSSR count). The van der Waals surface area contributed by atoms with E-state index in [9.17, 15) is 0 Å². The fraction of sp³-hybridized carbons (Fsp3) is 0.458. The molecule has 0 atom stereocenters. The van der Waals surface area contributed by atoms with Crippen LogP contribution in [0.1, 0.15) is 268 Å². The highest BCUT2D eigenvalue weighted by Crippen LogP contribution is 2.61. The SMILES string of the molecule is CCCCCCC1(CCCCCC)c2cc(-c3ccccc3)ccc2-c2ccc(-c3ccc4c(c3)C(CCCCCCOCC3(C)COC3)(CCCCCCOCC3(C)COC3)c3cc(-c5ccc6c(c5)C(CCCCCC)(CCCCCC)c5cc(-c7ccc8ccc9cccc%10ccc7c8c9%10)ccc5-6)ccc3-4)cc21. The van der Waals surface area contributed by atoms with Crippen LogP contribution >= 0.6 is 0 Å². The monoisotopic (exact) mass is 1470 g/mol. The van der Waals surface area contributed by atoms with Crippen LogP contribution in [0.4, 0.5) is 0 Å². The van der Waals surface area contributed by atoms with Gasteiger partial charge in [0.2, 0.25) is 0 Å². The summed E-state index contributed by atoms with van der Waals surface area (Å²) >= 11 is 0. The van der Waals surface area contributed by atoms with Crippen molar-refractivity contribution in [1.82, 2.24) is 0 Å². The Balaban J connectivity index is 0.798. The predicted molar refractivity (Wildman–Crippen MR) is 471 cm³/mol. The summed E-state index contributed by atoms with van der Waals surface area (Å²) in [5, 5.41) is 8.11. The summed E-state index contributed by atoms with van der Waals surface area (Å²) in [6.45, 7) is 20.6. The van der Waals surface area contributed by atoms with Crippen molar-refractivity contribution in [1.29, 1.82) is 0 Å². The molecule has 11 aromatic rings. The van der Waals surface area contributed by atoms with Gasteiger partial charge in [-0.2, -0.15) is 0 Å². The molecule has 3 aliphatic carbocycles. The Morgan fingerprint density at radius 1 is 0.261 bits per heavy atom. The van der Waals surface area contributed by atoms with Gasteiger partial charge < -0.3 is 18.9 Å². The van der Waals surface area contributed by atoms with Crippen molar-refractivity contribution >= 4 is 32.3 Å². The van der Waals surface area contributed by atoms with Crippen LogP contribution in [0.2, 0.25) is 0 Å². The van der Waals surface area contributed by atoms with Gasteiger partial charge in [-0.1, -0.05) is 341 Å². The highest BCUT2D eigenvalue weighted by atomic mass is 16.5. The van der Waals surface area contributed by atoms with Crippen LogP contribution in [0.3, 0.4) is 0 Å². The van der Waals surface area contributed by atoms with Crippen LogP contribution in [-0.4, -0.2) is 52.9 Å². The summed E-state index contributed by atoms with van der Waals surface area (Å²) in [7, 11) is 0. The van der Waals surface area contributed by atoms with Gasteiger partial charge in [-0.05, 0) is 231 Å². The molecular formula is C107H126O4. The number of ether oxygens (including phenoxy) is 4. The summed E-state index contributed by atoms with van der Waals surface area (Å²) in [6, 6.07) is 78.7. The Bertz CT molecular complexity index is 4910. The molecule has 0 bridgehead atoms. The van der Waals surface area contributed by atoms with Crippen LogP contribution < -0.4 is 0 Å². The van der Waals surface area contributed by atoms with Gasteiger partial charge >= 0.3 is 0 Å². The second kappa shape index (κ2) is 34.6. The summed E-state index contributed by atoms with van der Waals surface area (Å²) in [5.74, 6) is 0. The highest BCUT2D eigenvalue weighted by Gasteiger charge is 2.47. The second-order valence-corrected chi connectivity index (χ2v) is 35.9. The first kappa shape index (κ1) is 77.2. The molecule has 2 heterocycles. The third kappa shape index (κ3) is 15.5. The number of unbranched alkanes of at least 4 members (excludes halogenated alkanes) is 18. The van der Waals surface area contributed by atoms with Crippen LogP contribution in [0, 0.1) is 10.8 Å². The molecule has 11 aromatic carbocycles. The zero-order chi connectivity index (χ0) is 75.8. The molecule has 0 spiro atoms. The molecule has 4 nitrogen and oxygen atoms in total. The fourth-order valence-electron chi connectivity index (χ4n) is 21.2. The largest absolute Gasteiger partial charge is 0.381 e. The molecule has 578 valence electrons. The van der Waals surface area contributed by atoms with Gasteiger partial charge in [0.15, 0.2) is 0 Å². The molecule has 0 saturated carbocycles. The lowest BCUT2D eigenvalue weighted by molar-refractivity contribution is -0.137. The average Bonchev–Trinajstić information content (AvgIpc) is 1.53. The highest BCUT2D eigenvalue weighted by molar-refractivity contribution is 6.25. The number of benzene rings is 11. The predicted octanol–water partition coefficient (Wildman–Crippen LogP) is 29.9. The van der Waals surface area contributed by atoms with Crippen molar-refractivity contribution in [2.45, 2.75) is 250 Å². The van der Waals surface area contributed by atoms with Gasteiger partial charge in [-0.15, -0.1) is 0 Å². The minimum absolute atomic E-state index is 0.0531. The Morgan fingerprint density at radius 3 is 0.910 bits per heavy atom. The van der Waals surface area contributed by atoms with E-state index in [2.05, 4.69) is 236 Å². The Labute approximate surface area is 666 Å². The molecule has 0 N–H and O–H groups in total. The molecule has 0 unspecified atom stereocenters. The lowest BCUT2D eigenvalue weighted by Crippen LogP contribution is -2.43. The summed E-state index contributed by atoms with van der Waals surface area (Å²) in [5.41, 5.74) is 28.8. The molecular weight excluding hydrogens is 1350 g/mol. The van der Waals surface area contributed by atoms with E-state index < -0.39 is 0 Å². The van der Waals surface area contributed by atoms with E-state index in [1.807, 2.05) is 0 Å². The van der Waals surface area contributed by atoms with Gasteiger partial charge in [0.05, 0.1) is 39.6 Å². The Hall–Kier alpha value is -7.70. The van der Waals surface area contributed by atoms with E-state index >= 15 is 0 Å². The van der Waals surface area contributed by atoms with E-state index in [0.29, 0.717) is 0 Å². The lowest BCUT2D eigenvalue weighted by Gasteiger charge is -2.37. The van der Waals surface area contributed by atoms with Gasteiger partial charge in [0, 0.05) is 40.3 Å². The van der Waals surface area contributed by atoms with Crippen molar-refractivity contribution in [3.05, 3.63) is 228 Å². The topological polar surface area (TPSA) is 36.9 Å². The number of hydrogen-bond donors (Lipinski definition) is 0. The molecule has 0 aromatic heterocycles. The second-order valence-electron chi connectivity index (χ2n) is 35.9. The van der Waals surface area contributed by atoms with Crippen molar-refractivity contribution < 1.29 is 18.9 Å². The Kier molecular flexibility index (Phi) is 24.0. The molecule has 2 saturated heterocycles. The van der Waals surface area contributed by atoms with Gasteiger partial charge in [0.1, 0.15) is 0 Å². The standard InChI is InChI=1S/C107H126O4/c1-7-11-15-26-57-105(58-27-16-12-8-2)95-65-81(77-35-24-23-25-36-77)43-50-88(95)89-51-44-82(66-96(89)105)83-45-52-90-91-53-46-84(68-98(91)106(97(90)67-83,61-30-19-21-32-63-108-71-103(5)73-110-74-103)62-31-20-22-33-64-109-72-104(6)75-111-76-104)85-47-54-92-93-55-48-86(70-100(93)107(99(92)69-85,59-28-17-13-9-3)60-29-18-14-10-4)87-49-41-80-40-39-78-37-34-38-79-42-56-94(87)102(80)101(78)79/h23-25,34-56,65-70H,7-22,26-33,57-64,71-76H2,1-6H3. The molecule has 4 heteroatoms. The van der Waals surface area contributed by atoms with Gasteiger partial charge in [-0.25, -0.2) is 0 Å². The van der Waals surface area contributed by atoms with E-state index in [1.54, 1.807) is 33.4 Å². The smallest absolute Gasteiger partial charge is 0.0564 e. The van der Waals surface area contributed by atoms with Crippen molar-refractivity contribution in [2.24, 2.45) is 10.8 Å². The normalized spacial score (nSPS) is 16.2. The maximum absolute atomic E-state index is 6.39. The number of hydrogen-bond acceptors (Lipinski definition) is 4. The molecule has 0 amide bonds. The zero-order valence-electron chi connectivity index (χ0n) is 68.5. The van der Waals surface area contributed by atoms with Crippen molar-refractivity contribution in [3.63, 3.8) is 0 Å². The molecule has 2 aliphatic heterocycles. The summed E-state index contributed by atoms with van der Waals surface area (Å²) in [6.07, 6.45) is 36.3. The van der Waals surface area contributed by atoms with Gasteiger partial charge in [0.25, 0.3) is 0 Å². The first-order valence-electron chi connectivity index (χ1n) is 44.4. The zero-order valence-corrected chi connectivity index (χ0v) is 68.5. The summed E-state index contributed by atoms with van der Waals surface area (Å²) in [4.78, 5) is 0. The Morgan fingerprint density at radius 2 is 0.559 bits per heavy atom. The maximum atomic E-state index is 6.39. The van der Waals surface area contributed by atoms with Crippen molar-refractivity contribution in [3.8, 4) is 77.9 Å². The molecule has 2 fully saturated rings. The van der Waals surface area contributed by atoms with Crippen LogP contribution in [0.15, 0.2) is 194 Å². The minimum Gasteiger partial charge on any atom is -0.381 e. The van der Waals surface area contributed by atoms with E-state index in [-0.39, 0.29) is 27.1 Å². The van der Waals surface area contributed by atoms with Crippen LogP contribution in [0.25, 0.3) is 110 Å². The van der Waals surface area contributed by atoms with E-state index in [0.717, 1.165) is 78.5 Å². The van der Waals surface area contributed by atoms with Crippen molar-refractivity contribution in [2.75, 3.05) is 52.9 Å². The third-order valence-electron chi connectivity index (χ3n) is 27.5. The first-order chi connectivity index (χ1) is 54.5. The average molecular weight is 1480 g/mol. The lowest BCUT2D eigenvalue weighted by atomic mass is 9.69. The number of rotatable bonds is 42. The quantitative estimate of drug-likeness (QED) is 0.0282. The van der Waals surface area contributed by atoms with E-state index in [1.165, 1.54) is 277 Å². The first-order valence-corrected chi connectivity index (χ1v) is 44.4. The molecule has 0 radical (unpaired) electrons. The fourth-order valence-corrected chi connectivity index (χ4v) is 21.2. The summed E-state index contributed by atoms with van der Waals surface area (Å²) < 4.78 is 24.0. The maximum Gasteiger partial charge on any atom is 0.0564 e. The third-order valence-corrected chi connectivity index (χ3v) is 27.5. The molecule has 5 aliphatic rings. The van der Waals surface area contributed by atoms with Crippen LogP contribution in [0.5, 0.6) is 0 Å². The minimum atomic E-state index is -0.179. The van der Waals surface area contributed by atoms with Crippen LogP contribution in [-0.2, 0) is 35.2 Å². The molecule has 111 heavy (non-hydrogen) atoms.